The summed E-state index contributed by atoms with van der Waals surface area (Å²) < 4.78 is 0. The fraction of sp³-hybridized carbons (Fsp3) is 0.333. The molecule has 0 nitrogen and oxygen atoms in total. The van der Waals surface area contributed by atoms with E-state index in [-0.39, 0.29) is 0 Å². The van der Waals surface area contributed by atoms with Gasteiger partial charge in [-0.15, -0.1) is 5.70 Å². The van der Waals surface area contributed by atoms with Crippen molar-refractivity contribution < 1.29 is 0 Å². The van der Waals surface area contributed by atoms with Crippen molar-refractivity contribution >= 4 is 10.2 Å². The maximum atomic E-state index is 2.16. The summed E-state index contributed by atoms with van der Waals surface area (Å²) in [6.45, 7) is 2.14. The van der Waals surface area contributed by atoms with Crippen molar-refractivity contribution in [3.63, 3.8) is 0 Å². The van der Waals surface area contributed by atoms with Gasteiger partial charge in [-0.2, -0.15) is 0 Å². The molecule has 0 rings (SSSR count). The molecular formula is C6H12Si. The average Bonchev–Trinajstić information content (AvgIpc) is 1.69. The first-order chi connectivity index (χ1) is 3.41. The van der Waals surface area contributed by atoms with Gasteiger partial charge in [-0.25, -0.2) is 0 Å². The maximum absolute atomic E-state index is 2.16. The molecule has 7 heavy (non-hydrogen) atoms. The first-order valence-electron chi connectivity index (χ1n) is 2.69. The molecule has 0 spiro atoms. The smallest absolute Gasteiger partial charge is 0.0291 e. The molecular weight excluding hydrogens is 100 g/mol. The number of allylic oxidation sites excluding steroid dienone is 3. The van der Waals surface area contributed by atoms with Crippen LogP contribution in [0.2, 0.25) is 0 Å². The van der Waals surface area contributed by atoms with Gasteiger partial charge in [0, 0.05) is 10.2 Å². The van der Waals surface area contributed by atoms with Crippen LogP contribution in [-0.4, -0.2) is 10.2 Å². The second-order valence-electron chi connectivity index (χ2n) is 1.36. The van der Waals surface area contributed by atoms with E-state index in [1.54, 1.807) is 0 Å². The molecule has 1 heteroatoms. The summed E-state index contributed by atoms with van der Waals surface area (Å²) in [4.78, 5) is 0. The Morgan fingerprint density at radius 3 is 2.57 bits per heavy atom. The lowest BCUT2D eigenvalue weighted by Gasteiger charge is -1.70. The van der Waals surface area contributed by atoms with Crippen molar-refractivity contribution in [2.24, 2.45) is 0 Å². The minimum atomic E-state index is 1.14. The minimum absolute atomic E-state index is 1.14. The molecule has 0 saturated carbocycles. The molecule has 0 bridgehead atoms. The minimum Gasteiger partial charge on any atom is -0.105 e. The molecule has 0 amide bonds. The van der Waals surface area contributed by atoms with Gasteiger partial charge in [0.1, 0.15) is 0 Å². The fourth-order valence-corrected chi connectivity index (χ4v) is 0.548. The third-order valence-corrected chi connectivity index (χ3v) is 1.06. The molecule has 0 fully saturated rings. The zero-order chi connectivity index (χ0) is 5.54. The summed E-state index contributed by atoms with van der Waals surface area (Å²) in [7, 11) is 1.17. The molecule has 0 heterocycles. The molecule has 0 aromatic heterocycles. The summed E-state index contributed by atoms with van der Waals surface area (Å²) in [5, 5.41) is 0. The predicted molar refractivity (Wildman–Crippen MR) is 38.5 cm³/mol. The van der Waals surface area contributed by atoms with E-state index in [2.05, 4.69) is 30.9 Å². The van der Waals surface area contributed by atoms with E-state index in [9.17, 15) is 0 Å². The zero-order valence-corrected chi connectivity index (χ0v) is 7.02. The number of hydrogen-bond acceptors (Lipinski definition) is 0. The lowest BCUT2D eigenvalue weighted by atomic mass is 10.4. The van der Waals surface area contributed by atoms with Gasteiger partial charge < -0.3 is 0 Å². The largest absolute Gasteiger partial charge is 0.105 e. The Labute approximate surface area is 48.4 Å². The van der Waals surface area contributed by atoms with Gasteiger partial charge in [0.15, 0.2) is 0 Å². The van der Waals surface area contributed by atoms with E-state index in [0.29, 0.717) is 0 Å². The standard InChI is InChI=1S/C6H12Si/c1-2-3-4-5-6-7/h3-6H,2H2,1,7H3. The molecule has 0 unspecified atom stereocenters. The van der Waals surface area contributed by atoms with Crippen molar-refractivity contribution in [1.29, 1.82) is 0 Å². The lowest BCUT2D eigenvalue weighted by molar-refractivity contribution is 1.22. The highest BCUT2D eigenvalue weighted by atomic mass is 28.1. The molecule has 0 aliphatic rings. The van der Waals surface area contributed by atoms with Crippen LogP contribution in [0, 0.1) is 0 Å². The highest BCUT2D eigenvalue weighted by molar-refractivity contribution is 6.17. The fourth-order valence-electron chi connectivity index (χ4n) is 0.326. The van der Waals surface area contributed by atoms with Crippen LogP contribution < -0.4 is 0 Å². The molecule has 0 saturated heterocycles. The molecule has 0 atom stereocenters. The number of hydrogen-bond donors (Lipinski definition) is 0. The van der Waals surface area contributed by atoms with Crippen LogP contribution in [0.15, 0.2) is 23.9 Å². The summed E-state index contributed by atoms with van der Waals surface area (Å²) in [5.41, 5.74) is 2.16. The Morgan fingerprint density at radius 1 is 1.43 bits per heavy atom. The Balaban J connectivity index is 3.09. The Hall–Kier alpha value is -0.303. The highest BCUT2D eigenvalue weighted by Crippen LogP contribution is 1.78. The van der Waals surface area contributed by atoms with Crippen molar-refractivity contribution in [3.8, 4) is 0 Å². The summed E-state index contributed by atoms with van der Waals surface area (Å²) in [5.74, 6) is 0. The Bertz CT molecular complexity index is 72.2. The molecule has 0 aromatic carbocycles. The summed E-state index contributed by atoms with van der Waals surface area (Å²) in [6, 6.07) is 0. The predicted octanol–water partition coefficient (Wildman–Crippen LogP) is 0.832. The van der Waals surface area contributed by atoms with Crippen LogP contribution in [-0.2, 0) is 0 Å². The van der Waals surface area contributed by atoms with Crippen molar-refractivity contribution in [2.75, 3.05) is 0 Å². The van der Waals surface area contributed by atoms with Gasteiger partial charge in [0.2, 0.25) is 0 Å². The van der Waals surface area contributed by atoms with Crippen LogP contribution in [0.4, 0.5) is 0 Å². The Kier molecular flexibility index (Phi) is 5.45. The van der Waals surface area contributed by atoms with Crippen LogP contribution >= 0.6 is 0 Å². The lowest BCUT2D eigenvalue weighted by Crippen LogP contribution is -1.51. The highest BCUT2D eigenvalue weighted by Gasteiger charge is 1.57. The second-order valence-corrected chi connectivity index (χ2v) is 2.03. The molecule has 0 radical (unpaired) electrons. The maximum Gasteiger partial charge on any atom is 0.0291 e. The normalized spacial score (nSPS) is 12.1. The monoisotopic (exact) mass is 112 g/mol. The van der Waals surface area contributed by atoms with Gasteiger partial charge in [-0.1, -0.05) is 25.2 Å². The SMILES string of the molecule is CCC=CC=C[SiH3]. The topological polar surface area (TPSA) is 0 Å². The quantitative estimate of drug-likeness (QED) is 0.367. The van der Waals surface area contributed by atoms with Crippen LogP contribution in [0.25, 0.3) is 0 Å². The average molecular weight is 112 g/mol. The van der Waals surface area contributed by atoms with Gasteiger partial charge in [-0.3, -0.25) is 0 Å². The van der Waals surface area contributed by atoms with Crippen molar-refractivity contribution in [2.45, 2.75) is 13.3 Å². The van der Waals surface area contributed by atoms with Crippen LogP contribution in [0.3, 0.4) is 0 Å². The van der Waals surface area contributed by atoms with Gasteiger partial charge >= 0.3 is 0 Å². The third-order valence-electron chi connectivity index (χ3n) is 0.675. The third kappa shape index (κ3) is 5.70. The van der Waals surface area contributed by atoms with E-state index >= 15 is 0 Å². The second kappa shape index (κ2) is 5.70. The van der Waals surface area contributed by atoms with Gasteiger partial charge in [0.25, 0.3) is 0 Å². The summed E-state index contributed by atoms with van der Waals surface area (Å²) in [6.07, 6.45) is 7.48. The Morgan fingerprint density at radius 2 is 2.14 bits per heavy atom. The van der Waals surface area contributed by atoms with Crippen LogP contribution in [0.5, 0.6) is 0 Å². The molecule has 0 aliphatic heterocycles. The van der Waals surface area contributed by atoms with E-state index in [0.717, 1.165) is 6.42 Å². The number of rotatable bonds is 2. The van der Waals surface area contributed by atoms with Gasteiger partial charge in [-0.05, 0) is 6.42 Å². The van der Waals surface area contributed by atoms with E-state index in [1.165, 1.54) is 10.2 Å². The zero-order valence-electron chi connectivity index (χ0n) is 5.02. The summed E-state index contributed by atoms with van der Waals surface area (Å²) >= 11 is 0. The van der Waals surface area contributed by atoms with E-state index in [4.69, 9.17) is 0 Å². The van der Waals surface area contributed by atoms with Crippen molar-refractivity contribution in [1.82, 2.24) is 0 Å². The first-order valence-corrected chi connectivity index (χ1v) is 3.85. The molecule has 40 valence electrons. The molecule has 0 aliphatic carbocycles. The van der Waals surface area contributed by atoms with Crippen LogP contribution in [0.1, 0.15) is 13.3 Å². The first kappa shape index (κ1) is 6.70. The van der Waals surface area contributed by atoms with Gasteiger partial charge in [0.05, 0.1) is 0 Å². The van der Waals surface area contributed by atoms with E-state index in [1.807, 2.05) is 0 Å². The molecule has 0 aromatic rings. The van der Waals surface area contributed by atoms with Crippen molar-refractivity contribution in [3.05, 3.63) is 23.9 Å². The van der Waals surface area contributed by atoms with E-state index < -0.39 is 0 Å². The molecule has 0 N–H and O–H groups in total.